The second-order valence-corrected chi connectivity index (χ2v) is 32.6. The molecule has 0 radical (unpaired) electrons. The highest BCUT2D eigenvalue weighted by Gasteiger charge is 2.51. The minimum absolute atomic E-state index is 0.0103. The number of nitrogens with one attached hydrogen (secondary N) is 4. The molecule has 13 heterocycles. The summed E-state index contributed by atoms with van der Waals surface area (Å²) >= 11 is 1.69. The number of piperazine rings is 3. The van der Waals surface area contributed by atoms with Gasteiger partial charge in [-0.15, -0.1) is 11.3 Å². The number of methoxy groups -OCH3 is 3. The quantitative estimate of drug-likeness (QED) is 0.0499. The number of carbonyl (C=O) groups is 9. The van der Waals surface area contributed by atoms with Crippen molar-refractivity contribution in [2.24, 2.45) is 16.2 Å². The van der Waals surface area contributed by atoms with Crippen LogP contribution >= 0.6 is 11.3 Å². The maximum Gasteiger partial charge on any atom is 0.257 e. The molecule has 6 fully saturated rings. The number of imide groups is 3. The number of fused-ring (bicyclic) bond motifs is 3. The van der Waals surface area contributed by atoms with Crippen LogP contribution in [0.2, 0.25) is 0 Å². The normalized spacial score (nSPS) is 20.1. The average molecular weight is 1710 g/mol. The van der Waals surface area contributed by atoms with Gasteiger partial charge in [0.05, 0.1) is 57.4 Å². The molecular weight excluding hydrogens is 1620 g/mol. The lowest BCUT2D eigenvalue weighted by Crippen LogP contribution is -2.46. The molecule has 4 N–H and O–H groups in total. The summed E-state index contributed by atoms with van der Waals surface area (Å²) in [5.41, 5.74) is 6.65. The molecule has 125 heavy (non-hydrogen) atoms. The molecule has 4 aromatic heterocycles. The summed E-state index contributed by atoms with van der Waals surface area (Å²) in [5.74, 6) is 13.7. The van der Waals surface area contributed by atoms with Gasteiger partial charge in [0.15, 0.2) is 28.3 Å². The smallest absolute Gasteiger partial charge is 0.257 e. The van der Waals surface area contributed by atoms with Crippen LogP contribution < -0.4 is 50.2 Å². The fourth-order valence-electron chi connectivity index (χ4n) is 16.5. The molecule has 9 amide bonds. The van der Waals surface area contributed by atoms with Gasteiger partial charge in [-0.3, -0.25) is 88.8 Å². The van der Waals surface area contributed by atoms with Crippen molar-refractivity contribution in [1.29, 1.82) is 0 Å². The van der Waals surface area contributed by atoms with Crippen LogP contribution in [0.1, 0.15) is 114 Å². The molecule has 0 aliphatic carbocycles. The maximum atomic E-state index is 14.8. The third kappa shape index (κ3) is 19.8. The lowest BCUT2D eigenvalue weighted by molar-refractivity contribution is -0.128. The molecular formula is C94H92F2N16O12S. The number of ether oxygens (including phenoxy) is 3. The van der Waals surface area contributed by atoms with Crippen LogP contribution in [0, 0.1) is 63.4 Å². The molecule has 18 rings (SSSR count). The van der Waals surface area contributed by atoms with E-state index in [1.807, 2.05) is 116 Å². The van der Waals surface area contributed by atoms with Gasteiger partial charge in [-0.05, 0) is 119 Å². The zero-order chi connectivity index (χ0) is 87.4. The highest BCUT2D eigenvalue weighted by molar-refractivity contribution is 7.13. The molecule has 0 unspecified atom stereocenters. The highest BCUT2D eigenvalue weighted by atomic mass is 32.1. The van der Waals surface area contributed by atoms with Gasteiger partial charge in [0.1, 0.15) is 22.0 Å². The van der Waals surface area contributed by atoms with Crippen molar-refractivity contribution in [3.63, 3.8) is 0 Å². The summed E-state index contributed by atoms with van der Waals surface area (Å²) < 4.78 is 44.7. The number of aromatic nitrogens is 4. The van der Waals surface area contributed by atoms with Gasteiger partial charge in [-0.25, -0.2) is 13.8 Å². The predicted octanol–water partition coefficient (Wildman–Crippen LogP) is 7.78. The number of rotatable bonds is 17. The zero-order valence-corrected chi connectivity index (χ0v) is 70.4. The molecule has 0 bridgehead atoms. The molecule has 3 atom stereocenters. The van der Waals surface area contributed by atoms with Crippen LogP contribution in [-0.4, -0.2) is 211 Å². The first-order valence-electron chi connectivity index (χ1n) is 41.2. The molecule has 9 aromatic rings. The number of anilines is 3. The first-order chi connectivity index (χ1) is 60.6. The molecule has 5 aromatic carbocycles. The van der Waals surface area contributed by atoms with Gasteiger partial charge in [0.2, 0.25) is 35.4 Å². The van der Waals surface area contributed by atoms with E-state index >= 15 is 0 Å². The number of nitrogens with zero attached hydrogens (tertiary/aromatic N) is 12. The van der Waals surface area contributed by atoms with E-state index in [4.69, 9.17) is 14.2 Å². The van der Waals surface area contributed by atoms with Crippen molar-refractivity contribution >= 4 is 81.0 Å². The topological polar surface area (TPSA) is 307 Å². The number of amides is 9. The number of halogens is 2. The summed E-state index contributed by atoms with van der Waals surface area (Å²) in [6.45, 7) is 16.4. The van der Waals surface area contributed by atoms with Crippen molar-refractivity contribution in [3.8, 4) is 52.8 Å². The summed E-state index contributed by atoms with van der Waals surface area (Å²) in [6, 6.07) is 39.6. The molecule has 9 aliphatic heterocycles. The Morgan fingerprint density at radius 2 is 0.888 bits per heavy atom. The van der Waals surface area contributed by atoms with Gasteiger partial charge in [0, 0.05) is 207 Å². The van der Waals surface area contributed by atoms with Crippen molar-refractivity contribution in [2.75, 3.05) is 128 Å². The largest absolute Gasteiger partial charge is 0.497 e. The second-order valence-electron chi connectivity index (χ2n) is 31.7. The number of hydrogen-bond donors (Lipinski definition) is 4. The van der Waals surface area contributed by atoms with Crippen LogP contribution in [0.5, 0.6) is 17.2 Å². The zero-order valence-electron chi connectivity index (χ0n) is 69.6. The number of carbonyl (C=O) groups excluding carboxylic acids is 9. The van der Waals surface area contributed by atoms with Crippen LogP contribution in [0.25, 0.3) is 0 Å². The van der Waals surface area contributed by atoms with E-state index in [1.165, 1.54) is 53.1 Å². The Labute approximate surface area is 726 Å². The Morgan fingerprint density at radius 3 is 1.30 bits per heavy atom. The maximum absolute atomic E-state index is 14.8. The molecule has 0 spiro atoms. The standard InChI is InChI=1S/C32H30FN5O4.C31H29FN6O4.C22H24N4O2S.C9H9NO2/c1-42-26-7-6-24-20-38(30(40)28(24)29(26)33)21-32(18-27(39)35-31(32)41)11-8-22-2-4-23(5-3-22)19-36-14-16-37(17-15-36)25-9-12-34-13-10-25;1-42-25-5-3-22-18-38(29(40)27(22)28(25)32)20-31(16-26(39)35-30(31)41)9-6-21-2-4-23(34-17-21)19-36-12-14-37(15-13-36)24-7-10-33-11-8-24;1-2-22(15-19(27)24-20(22)28)8-7-17-3-5-18(6-4-17)16-25-10-12-26(13-11-25)21-23-9-14-29-21;1-12-7-3-2-6-5-10-9(11)8(6)4-7/h2-7,9-10,12-13H,14-21H2,1H3,(H,35,39,41);2-5,7-8,10-11,17H,12-16,18-20H2,1H3,(H,35,39,41);3-6,9,14H,2,10-13,15-16H2,1H3,(H,24,27,28);2-4H,5H2,1H3,(H,10,11)/t32-;31-;22-;/m111./s1. The Kier molecular flexibility index (Phi) is 26.4. The fraction of sp³-hybridized carbons (Fsp3) is 0.330. The number of thiazole rings is 1. The molecule has 640 valence electrons. The lowest BCUT2D eigenvalue weighted by atomic mass is 9.84. The van der Waals surface area contributed by atoms with Gasteiger partial charge < -0.3 is 44.0 Å². The third-order valence-electron chi connectivity index (χ3n) is 23.7. The minimum atomic E-state index is -1.46. The van der Waals surface area contributed by atoms with Crippen LogP contribution in [0.15, 0.2) is 170 Å². The van der Waals surface area contributed by atoms with Crippen LogP contribution in [0.3, 0.4) is 0 Å². The Morgan fingerprint density at radius 1 is 0.456 bits per heavy atom. The van der Waals surface area contributed by atoms with Crippen molar-refractivity contribution in [1.82, 2.24) is 65.7 Å². The summed E-state index contributed by atoms with van der Waals surface area (Å²) in [6.07, 6.45) is 11.1. The fourth-order valence-corrected chi connectivity index (χ4v) is 17.2. The highest BCUT2D eigenvalue weighted by Crippen LogP contribution is 2.39. The lowest BCUT2D eigenvalue weighted by Gasteiger charge is -2.36. The summed E-state index contributed by atoms with van der Waals surface area (Å²) in [4.78, 5) is 146. The van der Waals surface area contributed by atoms with E-state index in [9.17, 15) is 51.9 Å². The molecule has 0 saturated carbocycles. The van der Waals surface area contributed by atoms with Gasteiger partial charge in [-0.2, -0.15) is 0 Å². The first-order valence-corrected chi connectivity index (χ1v) is 42.1. The minimum Gasteiger partial charge on any atom is -0.497 e. The monoisotopic (exact) mass is 1710 g/mol. The van der Waals surface area contributed by atoms with Crippen molar-refractivity contribution in [3.05, 3.63) is 248 Å². The molecule has 28 nitrogen and oxygen atoms in total. The van der Waals surface area contributed by atoms with Crippen LogP contribution in [-0.2, 0) is 68.0 Å². The van der Waals surface area contributed by atoms with E-state index in [0.717, 1.165) is 130 Å². The summed E-state index contributed by atoms with van der Waals surface area (Å²) in [7, 11) is 4.25. The number of benzene rings is 5. The van der Waals surface area contributed by atoms with Gasteiger partial charge >= 0.3 is 0 Å². The van der Waals surface area contributed by atoms with Gasteiger partial charge in [-0.1, -0.05) is 84.9 Å². The predicted molar refractivity (Wildman–Crippen MR) is 461 cm³/mol. The van der Waals surface area contributed by atoms with Crippen molar-refractivity contribution < 1.29 is 66.1 Å². The molecule has 31 heteroatoms. The van der Waals surface area contributed by atoms with E-state index in [1.54, 1.807) is 55.2 Å². The number of hydrogen-bond acceptors (Lipinski definition) is 23. The average Bonchev–Trinajstić information content (AvgIpc) is 1.62. The second kappa shape index (κ2) is 38.3. The Hall–Kier alpha value is -13.8. The number of pyridine rings is 3. The molecule has 6 saturated heterocycles. The van der Waals surface area contributed by atoms with E-state index in [2.05, 4.69) is 118 Å². The third-order valence-corrected chi connectivity index (χ3v) is 24.5. The Bertz CT molecular complexity index is 5540. The molecule has 9 aliphatic rings. The SMILES string of the molecule is CC[C@@]1(C#Cc2ccc(CN3CCN(c4nccs4)CC3)cc2)CC(=O)NC1=O.COc1ccc2c(c1)C(=O)NC2.COc1ccc2c(c1F)C(=O)N(C[C@@]1(C#Cc3ccc(CN4CCN(c5ccncc5)CC4)cc3)CC(=O)NC1=O)C2.COc1ccc2c(c1F)C(=O)N(C[C@@]1(C#Cc3ccc(CN4CCN(c5ccncc5)CC4)nc3)CC(=O)NC1=O)C2. The van der Waals surface area contributed by atoms with E-state index in [-0.39, 0.29) is 85.8 Å². The van der Waals surface area contributed by atoms with E-state index < -0.39 is 63.3 Å². The Balaban J connectivity index is 0.000000137. The van der Waals surface area contributed by atoms with Crippen molar-refractivity contribution in [2.45, 2.75) is 71.9 Å². The summed E-state index contributed by atoms with van der Waals surface area (Å²) in [5, 5.41) is 12.9. The van der Waals surface area contributed by atoms with E-state index in [0.29, 0.717) is 41.8 Å². The van der Waals surface area contributed by atoms with Gasteiger partial charge in [0.25, 0.3) is 17.7 Å². The first kappa shape index (κ1) is 86.2. The van der Waals surface area contributed by atoms with Crippen LogP contribution in [0.4, 0.5) is 25.3 Å².